The smallest absolute Gasteiger partial charge is 0.346 e. The van der Waals surface area contributed by atoms with Crippen LogP contribution in [0.1, 0.15) is 64.6 Å². The Morgan fingerprint density at radius 3 is 2.64 bits per heavy atom. The molecule has 0 radical (unpaired) electrons. The van der Waals surface area contributed by atoms with E-state index in [1.807, 2.05) is 6.92 Å². The maximum absolute atomic E-state index is 14.5. The molecular weight excluding hydrogens is 363 g/mol. The number of aryl methyl sites for hydroxylation is 1. The molecule has 2 rings (SSSR count). The summed E-state index contributed by atoms with van der Waals surface area (Å²) in [6.45, 7) is 4.88. The molecule has 0 aliphatic heterocycles. The third-order valence-corrected chi connectivity index (χ3v) is 4.41. The Kier molecular flexibility index (Phi) is 8.98. The van der Waals surface area contributed by atoms with Crippen LogP contribution < -0.4 is 10.4 Å². The van der Waals surface area contributed by atoms with Crippen LogP contribution in [0, 0.1) is 5.82 Å². The number of hydrogen-bond acceptors (Lipinski definition) is 5. The first-order valence-corrected chi connectivity index (χ1v) is 10.1. The summed E-state index contributed by atoms with van der Waals surface area (Å²) in [4.78, 5) is 23.9. The van der Waals surface area contributed by atoms with Gasteiger partial charge in [0.1, 0.15) is 11.1 Å². The van der Waals surface area contributed by atoms with Gasteiger partial charge >= 0.3 is 11.6 Å². The highest BCUT2D eigenvalue weighted by Gasteiger charge is 2.14. The second-order valence-electron chi connectivity index (χ2n) is 6.83. The van der Waals surface area contributed by atoms with Crippen molar-refractivity contribution < 1.29 is 23.1 Å². The maximum atomic E-state index is 14.5. The van der Waals surface area contributed by atoms with Crippen LogP contribution in [0.4, 0.5) is 4.39 Å². The molecule has 0 N–H and O–H groups in total. The van der Waals surface area contributed by atoms with E-state index in [-0.39, 0.29) is 17.1 Å². The van der Waals surface area contributed by atoms with E-state index in [4.69, 9.17) is 13.9 Å². The zero-order chi connectivity index (χ0) is 20.4. The van der Waals surface area contributed by atoms with E-state index in [9.17, 15) is 14.0 Å². The highest BCUT2D eigenvalue weighted by molar-refractivity contribution is 5.83. The molecule has 0 saturated heterocycles. The summed E-state index contributed by atoms with van der Waals surface area (Å²) in [7, 11) is 0. The Morgan fingerprint density at radius 2 is 1.89 bits per heavy atom. The van der Waals surface area contributed by atoms with Crippen LogP contribution >= 0.6 is 0 Å². The fourth-order valence-corrected chi connectivity index (χ4v) is 2.90. The second-order valence-corrected chi connectivity index (χ2v) is 6.83. The van der Waals surface area contributed by atoms with Crippen LogP contribution in [0.2, 0.25) is 0 Å². The first-order valence-electron chi connectivity index (χ1n) is 10.1. The van der Waals surface area contributed by atoms with E-state index < -0.39 is 11.4 Å². The van der Waals surface area contributed by atoms with Crippen LogP contribution in [0.25, 0.3) is 10.8 Å². The van der Waals surface area contributed by atoms with E-state index in [0.29, 0.717) is 50.0 Å². The van der Waals surface area contributed by atoms with Crippen molar-refractivity contribution in [3.05, 3.63) is 40.2 Å². The molecule has 1 aromatic heterocycles. The topological polar surface area (TPSA) is 65.7 Å². The molecule has 0 atom stereocenters. The van der Waals surface area contributed by atoms with Gasteiger partial charge in [0.25, 0.3) is 0 Å². The molecule has 0 saturated carbocycles. The second kappa shape index (κ2) is 11.5. The van der Waals surface area contributed by atoms with Crippen molar-refractivity contribution in [2.24, 2.45) is 0 Å². The summed E-state index contributed by atoms with van der Waals surface area (Å²) in [6.07, 6.45) is 5.96. The van der Waals surface area contributed by atoms with Gasteiger partial charge in [-0.25, -0.2) is 9.18 Å². The number of ether oxygens (including phenoxy) is 2. The van der Waals surface area contributed by atoms with E-state index in [1.54, 1.807) is 12.1 Å². The minimum atomic E-state index is -0.706. The zero-order valence-electron chi connectivity index (χ0n) is 16.7. The highest BCUT2D eigenvalue weighted by Crippen LogP contribution is 2.25. The van der Waals surface area contributed by atoms with Crippen molar-refractivity contribution in [1.82, 2.24) is 0 Å². The number of halogens is 1. The molecule has 0 aliphatic carbocycles. The van der Waals surface area contributed by atoms with Crippen molar-refractivity contribution in [3.8, 4) is 5.75 Å². The van der Waals surface area contributed by atoms with Crippen LogP contribution in [0.15, 0.2) is 27.4 Å². The highest BCUT2D eigenvalue weighted by atomic mass is 19.1. The number of carbonyl (C=O) groups excluding carboxylic acids is 1. The van der Waals surface area contributed by atoms with Crippen molar-refractivity contribution in [3.63, 3.8) is 0 Å². The lowest BCUT2D eigenvalue weighted by atomic mass is 10.1. The molecule has 1 heterocycles. The quantitative estimate of drug-likeness (QED) is 0.368. The van der Waals surface area contributed by atoms with Gasteiger partial charge in [0.15, 0.2) is 11.6 Å². The molecule has 2 aromatic rings. The Morgan fingerprint density at radius 1 is 1.07 bits per heavy atom. The molecule has 6 heteroatoms. The largest absolute Gasteiger partial charge is 0.491 e. The minimum Gasteiger partial charge on any atom is -0.491 e. The number of hydrogen-bond donors (Lipinski definition) is 0. The number of rotatable bonds is 12. The first-order chi connectivity index (χ1) is 13.6. The molecule has 0 bridgehead atoms. The monoisotopic (exact) mass is 392 g/mol. The van der Waals surface area contributed by atoms with Gasteiger partial charge in [0.2, 0.25) is 0 Å². The maximum Gasteiger partial charge on any atom is 0.346 e. The Hall–Kier alpha value is -2.37. The Bertz CT molecular complexity index is 828. The molecule has 0 unspecified atom stereocenters. The van der Waals surface area contributed by atoms with Gasteiger partial charge in [0.05, 0.1) is 13.2 Å². The molecular formula is C22H29FO5. The fourth-order valence-electron chi connectivity index (χ4n) is 2.90. The summed E-state index contributed by atoms with van der Waals surface area (Å²) in [5, 5.41) is 0.399. The van der Waals surface area contributed by atoms with Crippen molar-refractivity contribution >= 4 is 16.7 Å². The molecule has 154 valence electrons. The number of fused-ring (bicyclic) bond motifs is 1. The van der Waals surface area contributed by atoms with Crippen molar-refractivity contribution in [2.75, 3.05) is 13.2 Å². The number of benzene rings is 1. The third-order valence-electron chi connectivity index (χ3n) is 4.41. The SMILES string of the molecule is CCCCCOC(=O)CCCCc1cc2ccc(OCCC)c(F)c2c(=O)o1. The number of esters is 1. The van der Waals surface area contributed by atoms with Gasteiger partial charge in [-0.05, 0) is 43.2 Å². The summed E-state index contributed by atoms with van der Waals surface area (Å²) in [5.41, 5.74) is -0.706. The Balaban J connectivity index is 1.90. The van der Waals surface area contributed by atoms with Crippen LogP contribution in [0.5, 0.6) is 5.75 Å². The van der Waals surface area contributed by atoms with Gasteiger partial charge in [-0.15, -0.1) is 0 Å². The van der Waals surface area contributed by atoms with Gasteiger partial charge < -0.3 is 13.9 Å². The van der Waals surface area contributed by atoms with Crippen LogP contribution in [-0.4, -0.2) is 19.2 Å². The third kappa shape index (κ3) is 6.36. The van der Waals surface area contributed by atoms with Crippen LogP contribution in [-0.2, 0) is 16.0 Å². The van der Waals surface area contributed by atoms with Crippen LogP contribution in [0.3, 0.4) is 0 Å². The molecule has 5 nitrogen and oxygen atoms in total. The average Bonchev–Trinajstić information content (AvgIpc) is 2.68. The molecule has 1 aromatic carbocycles. The van der Waals surface area contributed by atoms with E-state index in [0.717, 1.165) is 25.7 Å². The molecule has 0 spiro atoms. The number of unbranched alkanes of at least 4 members (excludes halogenated alkanes) is 3. The van der Waals surface area contributed by atoms with E-state index in [2.05, 4.69) is 6.92 Å². The standard InChI is InChI=1S/C22H29FO5/c1-3-5-8-14-27-19(24)10-7-6-9-17-15-16-11-12-18(26-13-4-2)21(23)20(16)22(25)28-17/h11-12,15H,3-10,13-14H2,1-2H3. The van der Waals surface area contributed by atoms with Gasteiger partial charge in [-0.3, -0.25) is 4.79 Å². The fraction of sp³-hybridized carbons (Fsp3) is 0.545. The summed E-state index contributed by atoms with van der Waals surface area (Å²) >= 11 is 0. The molecule has 0 fully saturated rings. The lowest BCUT2D eigenvalue weighted by Crippen LogP contribution is -2.07. The number of carbonyl (C=O) groups is 1. The normalized spacial score (nSPS) is 11.0. The predicted molar refractivity (Wildman–Crippen MR) is 106 cm³/mol. The molecule has 28 heavy (non-hydrogen) atoms. The average molecular weight is 392 g/mol. The van der Waals surface area contributed by atoms with Gasteiger partial charge in [-0.1, -0.05) is 32.8 Å². The first kappa shape index (κ1) is 21.9. The van der Waals surface area contributed by atoms with Crippen molar-refractivity contribution in [1.29, 1.82) is 0 Å². The van der Waals surface area contributed by atoms with E-state index in [1.165, 1.54) is 6.07 Å². The van der Waals surface area contributed by atoms with Gasteiger partial charge in [0, 0.05) is 12.8 Å². The molecule has 0 aliphatic rings. The lowest BCUT2D eigenvalue weighted by Gasteiger charge is -2.08. The zero-order valence-corrected chi connectivity index (χ0v) is 16.7. The van der Waals surface area contributed by atoms with Gasteiger partial charge in [-0.2, -0.15) is 0 Å². The lowest BCUT2D eigenvalue weighted by molar-refractivity contribution is -0.143. The summed E-state index contributed by atoms with van der Waals surface area (Å²) in [6, 6.07) is 4.87. The minimum absolute atomic E-state index is 0.0619. The summed E-state index contributed by atoms with van der Waals surface area (Å²) in [5.74, 6) is -0.336. The van der Waals surface area contributed by atoms with Crippen molar-refractivity contribution in [2.45, 2.75) is 65.2 Å². The van der Waals surface area contributed by atoms with E-state index >= 15 is 0 Å². The molecule has 0 amide bonds. The summed E-state index contributed by atoms with van der Waals surface area (Å²) < 4.78 is 30.2. The Labute approximate surface area is 164 Å². The predicted octanol–water partition coefficient (Wildman–Crippen LogP) is 5.17.